The van der Waals surface area contributed by atoms with Crippen LogP contribution in [0.5, 0.6) is 0 Å². The Balaban J connectivity index is 1.44. The van der Waals surface area contributed by atoms with E-state index in [1.54, 1.807) is 6.20 Å². The number of carbonyl (C=O) groups excluding carboxylic acids is 2. The summed E-state index contributed by atoms with van der Waals surface area (Å²) < 4.78 is 26.9. The number of nitrogens with one attached hydrogen (secondary N) is 3. The zero-order valence-corrected chi connectivity index (χ0v) is 17.2. The maximum atomic E-state index is 12.3. The molecular weight excluding hydrogens is 404 g/mol. The molecule has 1 aromatic heterocycles. The number of hydrogen-bond acceptors (Lipinski definition) is 5. The summed E-state index contributed by atoms with van der Waals surface area (Å²) in [5, 5.41) is 9.57. The highest BCUT2D eigenvalue weighted by atomic mass is 32.2. The molecule has 0 aliphatic rings. The molecule has 0 unspecified atom stereocenters. The first-order valence-electron chi connectivity index (χ1n) is 9.31. The first kappa shape index (κ1) is 21.4. The Bertz CT molecular complexity index is 1110. The molecule has 3 N–H and O–H groups in total. The van der Waals surface area contributed by atoms with Crippen LogP contribution in [0.1, 0.15) is 29.3 Å². The lowest BCUT2D eigenvalue weighted by Gasteiger charge is -2.08. The summed E-state index contributed by atoms with van der Waals surface area (Å²) in [6.07, 6.45) is 1.69. The van der Waals surface area contributed by atoms with E-state index in [1.165, 1.54) is 31.2 Å². The van der Waals surface area contributed by atoms with Gasteiger partial charge in [-0.1, -0.05) is 36.4 Å². The van der Waals surface area contributed by atoms with Gasteiger partial charge in [0.05, 0.1) is 10.6 Å². The Morgan fingerprint density at radius 3 is 2.30 bits per heavy atom. The maximum absolute atomic E-state index is 12.3. The highest BCUT2D eigenvalue weighted by molar-refractivity contribution is 7.89. The summed E-state index contributed by atoms with van der Waals surface area (Å²) in [6.45, 7) is 1.73. The number of aromatic amines is 1. The van der Waals surface area contributed by atoms with Crippen molar-refractivity contribution in [1.82, 2.24) is 20.2 Å². The average molecular weight is 426 g/mol. The van der Waals surface area contributed by atoms with Crippen molar-refractivity contribution in [2.45, 2.75) is 24.8 Å². The zero-order valence-electron chi connectivity index (χ0n) is 16.4. The van der Waals surface area contributed by atoms with Crippen LogP contribution in [0, 0.1) is 0 Å². The number of ketones is 1. The molecule has 0 spiro atoms. The van der Waals surface area contributed by atoms with Crippen LogP contribution >= 0.6 is 0 Å². The largest absolute Gasteiger partial charge is 0.352 e. The van der Waals surface area contributed by atoms with Crippen LogP contribution in [-0.2, 0) is 21.4 Å². The molecule has 8 nitrogen and oxygen atoms in total. The second-order valence-electron chi connectivity index (χ2n) is 6.67. The van der Waals surface area contributed by atoms with Crippen LogP contribution in [-0.4, -0.2) is 36.9 Å². The molecule has 0 bridgehead atoms. The van der Waals surface area contributed by atoms with Crippen molar-refractivity contribution in [2.75, 3.05) is 6.54 Å². The van der Waals surface area contributed by atoms with E-state index in [9.17, 15) is 18.0 Å². The molecule has 0 saturated carbocycles. The zero-order chi connectivity index (χ0) is 21.6. The summed E-state index contributed by atoms with van der Waals surface area (Å²) in [5.41, 5.74) is 3.27. The predicted octanol–water partition coefficient (Wildman–Crippen LogP) is 2.26. The van der Waals surface area contributed by atoms with Crippen molar-refractivity contribution < 1.29 is 18.0 Å². The fraction of sp³-hybridized carbons (Fsp3) is 0.190. The second-order valence-corrected chi connectivity index (χ2v) is 8.44. The molecule has 0 fully saturated rings. The van der Waals surface area contributed by atoms with Crippen LogP contribution in [0.2, 0.25) is 0 Å². The molecule has 0 aliphatic heterocycles. The van der Waals surface area contributed by atoms with Gasteiger partial charge in [-0.3, -0.25) is 14.7 Å². The van der Waals surface area contributed by atoms with Gasteiger partial charge in [-0.15, -0.1) is 0 Å². The van der Waals surface area contributed by atoms with Crippen LogP contribution in [0.4, 0.5) is 0 Å². The number of H-pyrrole nitrogens is 1. The quantitative estimate of drug-likeness (QED) is 0.453. The van der Waals surface area contributed by atoms with Crippen molar-refractivity contribution in [3.05, 3.63) is 71.9 Å². The Hall–Kier alpha value is -3.30. The third-order valence-corrected chi connectivity index (χ3v) is 5.95. The molecule has 30 heavy (non-hydrogen) atoms. The van der Waals surface area contributed by atoms with Gasteiger partial charge in [0.2, 0.25) is 15.9 Å². The van der Waals surface area contributed by atoms with E-state index in [-0.39, 0.29) is 29.6 Å². The third kappa shape index (κ3) is 5.62. The minimum atomic E-state index is -3.74. The summed E-state index contributed by atoms with van der Waals surface area (Å²) >= 11 is 0. The van der Waals surface area contributed by atoms with E-state index in [2.05, 4.69) is 20.2 Å². The molecule has 1 amide bonds. The topological polar surface area (TPSA) is 121 Å². The average Bonchev–Trinajstić information content (AvgIpc) is 3.27. The molecule has 156 valence electrons. The van der Waals surface area contributed by atoms with Crippen LogP contribution in [0.15, 0.2) is 65.7 Å². The van der Waals surface area contributed by atoms with Crippen LogP contribution in [0.3, 0.4) is 0 Å². The molecular formula is C21H22N4O4S. The lowest BCUT2D eigenvalue weighted by Crippen LogP contribution is -2.30. The van der Waals surface area contributed by atoms with Gasteiger partial charge in [0.1, 0.15) is 0 Å². The minimum Gasteiger partial charge on any atom is -0.352 e. The van der Waals surface area contributed by atoms with Gasteiger partial charge in [-0.05, 0) is 36.2 Å². The van der Waals surface area contributed by atoms with Gasteiger partial charge in [-0.25, -0.2) is 13.1 Å². The lowest BCUT2D eigenvalue weighted by molar-refractivity contribution is -0.121. The maximum Gasteiger partial charge on any atom is 0.240 e. The molecule has 1 heterocycles. The highest BCUT2D eigenvalue weighted by Gasteiger charge is 2.14. The van der Waals surface area contributed by atoms with E-state index in [1.807, 2.05) is 30.3 Å². The number of aromatic nitrogens is 2. The molecule has 2 aromatic carbocycles. The summed E-state index contributed by atoms with van der Waals surface area (Å²) in [4.78, 5) is 23.3. The standard InChI is InChI=1S/C21H22N4O4S/c1-15(26)17-6-8-19(9-7-17)30(28,29)24-13-11-21(27)22-14-16-2-4-18(5-3-16)20-10-12-23-25-20/h2-10,12,24H,11,13-14H2,1H3,(H,22,27)(H,23,25). The third-order valence-electron chi connectivity index (χ3n) is 4.47. The number of benzene rings is 2. The van der Waals surface area contributed by atoms with Crippen molar-refractivity contribution in [3.63, 3.8) is 0 Å². The van der Waals surface area contributed by atoms with Gasteiger partial charge >= 0.3 is 0 Å². The number of amides is 1. The van der Waals surface area contributed by atoms with Crippen molar-refractivity contribution in [3.8, 4) is 11.3 Å². The minimum absolute atomic E-state index is 0.0109. The van der Waals surface area contributed by atoms with Gasteiger partial charge < -0.3 is 5.32 Å². The Morgan fingerprint density at radius 2 is 1.70 bits per heavy atom. The van der Waals surface area contributed by atoms with E-state index >= 15 is 0 Å². The number of nitrogens with zero attached hydrogens (tertiary/aromatic N) is 1. The second kappa shape index (κ2) is 9.47. The number of carbonyl (C=O) groups is 2. The summed E-state index contributed by atoms with van der Waals surface area (Å²) in [7, 11) is -3.74. The van der Waals surface area contributed by atoms with Crippen LogP contribution < -0.4 is 10.0 Å². The molecule has 9 heteroatoms. The van der Waals surface area contributed by atoms with E-state index in [4.69, 9.17) is 0 Å². The first-order chi connectivity index (χ1) is 14.3. The smallest absolute Gasteiger partial charge is 0.240 e. The van der Waals surface area contributed by atoms with Gasteiger partial charge in [0, 0.05) is 31.3 Å². The van der Waals surface area contributed by atoms with E-state index in [0.717, 1.165) is 16.8 Å². The van der Waals surface area contributed by atoms with Crippen molar-refractivity contribution in [1.29, 1.82) is 0 Å². The highest BCUT2D eigenvalue weighted by Crippen LogP contribution is 2.16. The number of rotatable bonds is 9. The fourth-order valence-corrected chi connectivity index (χ4v) is 3.79. The first-order valence-corrected chi connectivity index (χ1v) is 10.8. The molecule has 0 radical (unpaired) electrons. The molecule has 0 aliphatic carbocycles. The van der Waals surface area contributed by atoms with Gasteiger partial charge in [-0.2, -0.15) is 5.10 Å². The van der Waals surface area contributed by atoms with Gasteiger partial charge in [0.25, 0.3) is 0 Å². The normalized spacial score (nSPS) is 11.2. The number of Topliss-reactive ketones (excluding diaryl/α,β-unsaturated/α-hetero) is 1. The molecule has 0 saturated heterocycles. The molecule has 0 atom stereocenters. The SMILES string of the molecule is CC(=O)c1ccc(S(=O)(=O)NCCC(=O)NCc2ccc(-c3ccn[nH]3)cc2)cc1. The Kier molecular flexibility index (Phi) is 6.76. The van der Waals surface area contributed by atoms with E-state index < -0.39 is 10.0 Å². The fourth-order valence-electron chi connectivity index (χ4n) is 2.76. The van der Waals surface area contributed by atoms with Gasteiger partial charge in [0.15, 0.2) is 5.78 Å². The summed E-state index contributed by atoms with van der Waals surface area (Å²) in [5.74, 6) is -0.401. The van der Waals surface area contributed by atoms with Crippen LogP contribution in [0.25, 0.3) is 11.3 Å². The lowest BCUT2D eigenvalue weighted by atomic mass is 10.1. The number of hydrogen-bond donors (Lipinski definition) is 3. The Morgan fingerprint density at radius 1 is 1.00 bits per heavy atom. The molecule has 3 rings (SSSR count). The van der Waals surface area contributed by atoms with E-state index in [0.29, 0.717) is 12.1 Å². The van der Waals surface area contributed by atoms with Crippen molar-refractivity contribution in [2.24, 2.45) is 0 Å². The molecule has 3 aromatic rings. The summed E-state index contributed by atoms with van der Waals surface area (Å²) in [6, 6.07) is 15.2. The Labute approximate surface area is 174 Å². The predicted molar refractivity (Wildman–Crippen MR) is 112 cm³/mol. The monoisotopic (exact) mass is 426 g/mol. The number of sulfonamides is 1. The van der Waals surface area contributed by atoms with Crippen molar-refractivity contribution >= 4 is 21.7 Å².